The van der Waals surface area contributed by atoms with Gasteiger partial charge in [0, 0.05) is 16.6 Å². The third kappa shape index (κ3) is 4.30. The van der Waals surface area contributed by atoms with Crippen LogP contribution in [0.4, 0.5) is 0 Å². The molecule has 0 aliphatic heterocycles. The van der Waals surface area contributed by atoms with Gasteiger partial charge in [0.1, 0.15) is 5.56 Å². The fourth-order valence-electron chi connectivity index (χ4n) is 2.70. The Balaban J connectivity index is 2.19. The fraction of sp³-hybridized carbons (Fsp3) is 0.190. The summed E-state index contributed by atoms with van der Waals surface area (Å²) in [5.74, 6) is -0.564. The maximum Gasteiger partial charge on any atom is 0.284 e. The molecule has 1 aromatic heterocycles. The van der Waals surface area contributed by atoms with Crippen molar-refractivity contribution in [3.63, 3.8) is 0 Å². The summed E-state index contributed by atoms with van der Waals surface area (Å²) in [6.45, 7) is 3.33. The summed E-state index contributed by atoms with van der Waals surface area (Å²) in [7, 11) is 0. The minimum atomic E-state index is -0.564. The van der Waals surface area contributed by atoms with E-state index < -0.39 is 17.5 Å². The van der Waals surface area contributed by atoms with Gasteiger partial charge in [-0.15, -0.1) is 0 Å². The van der Waals surface area contributed by atoms with Crippen molar-refractivity contribution in [2.24, 2.45) is 0 Å². The van der Waals surface area contributed by atoms with E-state index in [-0.39, 0.29) is 12.2 Å². The van der Waals surface area contributed by atoms with Crippen LogP contribution in [0.15, 0.2) is 59.4 Å². The van der Waals surface area contributed by atoms with E-state index in [0.29, 0.717) is 16.4 Å². The first kappa shape index (κ1) is 19.8. The minimum Gasteiger partial charge on any atom is -0.394 e. The lowest BCUT2D eigenvalue weighted by Gasteiger charge is -2.14. The number of benzene rings is 2. The van der Waals surface area contributed by atoms with E-state index in [9.17, 15) is 14.7 Å². The Bertz CT molecular complexity index is 1060. The largest absolute Gasteiger partial charge is 0.394 e. The van der Waals surface area contributed by atoms with E-state index in [4.69, 9.17) is 11.6 Å². The number of aromatic nitrogens is 2. The Morgan fingerprint density at radius 2 is 1.93 bits per heavy atom. The van der Waals surface area contributed by atoms with Crippen LogP contribution in [-0.2, 0) is 0 Å². The summed E-state index contributed by atoms with van der Waals surface area (Å²) < 4.78 is 1.22. The van der Waals surface area contributed by atoms with E-state index >= 15 is 0 Å². The highest BCUT2D eigenvalue weighted by atomic mass is 35.5. The van der Waals surface area contributed by atoms with Crippen molar-refractivity contribution < 1.29 is 9.90 Å². The average molecular weight is 398 g/mol. The SMILES string of the molecule is Cc1cccc(-n2nc(-c3ccc(Cl)cc3)cc(C(=O)NC(C)CO)c2=O)c1. The molecule has 0 saturated heterocycles. The van der Waals surface area contributed by atoms with Crippen LogP contribution in [0.25, 0.3) is 16.9 Å². The molecule has 2 aromatic carbocycles. The molecule has 0 saturated carbocycles. The number of aliphatic hydroxyl groups is 1. The first-order chi connectivity index (χ1) is 13.4. The average Bonchev–Trinajstić information content (AvgIpc) is 2.68. The molecular formula is C21H20ClN3O3. The predicted molar refractivity (Wildman–Crippen MR) is 109 cm³/mol. The zero-order chi connectivity index (χ0) is 20.3. The van der Waals surface area contributed by atoms with Crippen LogP contribution < -0.4 is 10.9 Å². The molecule has 0 fully saturated rings. The molecule has 1 atom stereocenters. The zero-order valence-corrected chi connectivity index (χ0v) is 16.3. The molecule has 7 heteroatoms. The van der Waals surface area contributed by atoms with Gasteiger partial charge in [0.05, 0.1) is 18.0 Å². The number of aliphatic hydroxyl groups excluding tert-OH is 1. The molecule has 0 radical (unpaired) electrons. The summed E-state index contributed by atoms with van der Waals surface area (Å²) in [4.78, 5) is 25.6. The highest BCUT2D eigenvalue weighted by molar-refractivity contribution is 6.30. The van der Waals surface area contributed by atoms with Crippen LogP contribution in [0.5, 0.6) is 0 Å². The van der Waals surface area contributed by atoms with E-state index in [2.05, 4.69) is 10.4 Å². The van der Waals surface area contributed by atoms with Crippen molar-refractivity contribution in [1.82, 2.24) is 15.1 Å². The normalized spacial score (nSPS) is 11.9. The zero-order valence-electron chi connectivity index (χ0n) is 15.5. The monoisotopic (exact) mass is 397 g/mol. The lowest BCUT2D eigenvalue weighted by molar-refractivity contribution is 0.0920. The van der Waals surface area contributed by atoms with Gasteiger partial charge < -0.3 is 10.4 Å². The minimum absolute atomic E-state index is 0.0539. The number of amides is 1. The van der Waals surface area contributed by atoms with Gasteiger partial charge in [0.2, 0.25) is 0 Å². The quantitative estimate of drug-likeness (QED) is 0.693. The number of carbonyl (C=O) groups excluding carboxylic acids is 1. The molecule has 28 heavy (non-hydrogen) atoms. The number of hydrogen-bond acceptors (Lipinski definition) is 4. The molecule has 0 aliphatic rings. The Morgan fingerprint density at radius 1 is 1.21 bits per heavy atom. The van der Waals surface area contributed by atoms with Gasteiger partial charge in [-0.25, -0.2) is 0 Å². The fourth-order valence-corrected chi connectivity index (χ4v) is 2.83. The summed E-state index contributed by atoms with van der Waals surface area (Å²) in [6.07, 6.45) is 0. The molecule has 144 valence electrons. The summed E-state index contributed by atoms with van der Waals surface area (Å²) >= 11 is 5.96. The predicted octanol–water partition coefficient (Wildman–Crippen LogP) is 2.97. The van der Waals surface area contributed by atoms with E-state index in [1.807, 2.05) is 25.1 Å². The van der Waals surface area contributed by atoms with Crippen molar-refractivity contribution in [3.05, 3.63) is 81.1 Å². The molecular weight excluding hydrogens is 378 g/mol. The van der Waals surface area contributed by atoms with Crippen molar-refractivity contribution in [2.75, 3.05) is 6.61 Å². The number of halogens is 1. The highest BCUT2D eigenvalue weighted by Crippen LogP contribution is 2.20. The molecule has 6 nitrogen and oxygen atoms in total. The number of hydrogen-bond donors (Lipinski definition) is 2. The van der Waals surface area contributed by atoms with Crippen molar-refractivity contribution in [2.45, 2.75) is 19.9 Å². The standard InChI is InChI=1S/C21H20ClN3O3/c1-13-4-3-5-17(10-13)25-21(28)18(20(27)23-14(2)12-26)11-19(24-25)15-6-8-16(22)9-7-15/h3-11,14,26H,12H2,1-2H3,(H,23,27). The summed E-state index contributed by atoms with van der Waals surface area (Å²) in [5.41, 5.74) is 2.11. The Labute approximate surface area is 167 Å². The lowest BCUT2D eigenvalue weighted by Crippen LogP contribution is -2.39. The first-order valence-electron chi connectivity index (χ1n) is 8.78. The van der Waals surface area contributed by atoms with Gasteiger partial charge >= 0.3 is 0 Å². The number of rotatable bonds is 5. The molecule has 0 bridgehead atoms. The molecule has 0 spiro atoms. The molecule has 0 aliphatic carbocycles. The van der Waals surface area contributed by atoms with Gasteiger partial charge in [-0.2, -0.15) is 9.78 Å². The second-order valence-electron chi connectivity index (χ2n) is 6.56. The Kier molecular flexibility index (Phi) is 5.92. The molecule has 2 N–H and O–H groups in total. The van der Waals surface area contributed by atoms with Crippen molar-refractivity contribution in [3.8, 4) is 16.9 Å². The highest BCUT2D eigenvalue weighted by Gasteiger charge is 2.18. The third-order valence-electron chi connectivity index (χ3n) is 4.19. The van der Waals surface area contributed by atoms with Gasteiger partial charge in [-0.3, -0.25) is 9.59 Å². The van der Waals surface area contributed by atoms with E-state index in [1.54, 1.807) is 37.3 Å². The van der Waals surface area contributed by atoms with Crippen LogP contribution in [0.1, 0.15) is 22.8 Å². The molecule has 3 rings (SSSR count). The van der Waals surface area contributed by atoms with Gasteiger partial charge in [0.15, 0.2) is 0 Å². The number of nitrogens with one attached hydrogen (secondary N) is 1. The second-order valence-corrected chi connectivity index (χ2v) is 7.00. The number of carbonyl (C=O) groups is 1. The smallest absolute Gasteiger partial charge is 0.284 e. The van der Waals surface area contributed by atoms with Crippen molar-refractivity contribution in [1.29, 1.82) is 0 Å². The first-order valence-corrected chi connectivity index (χ1v) is 9.16. The van der Waals surface area contributed by atoms with Crippen LogP contribution in [-0.4, -0.2) is 33.4 Å². The van der Waals surface area contributed by atoms with Crippen LogP contribution >= 0.6 is 11.6 Å². The molecule has 1 unspecified atom stereocenters. The van der Waals surface area contributed by atoms with Crippen LogP contribution in [0.2, 0.25) is 5.02 Å². The maximum atomic E-state index is 13.0. The second kappa shape index (κ2) is 8.37. The van der Waals surface area contributed by atoms with Gasteiger partial charge in [-0.05, 0) is 49.7 Å². The molecule has 1 heterocycles. The molecule has 3 aromatic rings. The van der Waals surface area contributed by atoms with Gasteiger partial charge in [-0.1, -0.05) is 35.9 Å². The number of nitrogens with zero attached hydrogens (tertiary/aromatic N) is 2. The summed E-state index contributed by atoms with van der Waals surface area (Å²) in [5, 5.41) is 16.8. The lowest BCUT2D eigenvalue weighted by atomic mass is 10.1. The van der Waals surface area contributed by atoms with E-state index in [1.165, 1.54) is 10.7 Å². The Morgan fingerprint density at radius 3 is 2.57 bits per heavy atom. The van der Waals surface area contributed by atoms with Crippen molar-refractivity contribution >= 4 is 17.5 Å². The Hall–Kier alpha value is -2.96. The summed E-state index contributed by atoms with van der Waals surface area (Å²) in [6, 6.07) is 15.3. The van der Waals surface area contributed by atoms with E-state index in [0.717, 1.165) is 11.1 Å². The topological polar surface area (TPSA) is 84.2 Å². The van der Waals surface area contributed by atoms with Crippen LogP contribution in [0, 0.1) is 6.92 Å². The molecule has 1 amide bonds. The van der Waals surface area contributed by atoms with Crippen LogP contribution in [0.3, 0.4) is 0 Å². The third-order valence-corrected chi connectivity index (χ3v) is 4.45. The maximum absolute atomic E-state index is 13.0. The van der Waals surface area contributed by atoms with Gasteiger partial charge in [0.25, 0.3) is 11.5 Å². The number of aryl methyl sites for hydroxylation is 1.